The summed E-state index contributed by atoms with van der Waals surface area (Å²) >= 11 is 11.6. The maximum absolute atomic E-state index is 12.0. The van der Waals surface area contributed by atoms with Gasteiger partial charge in [0.1, 0.15) is 0 Å². The van der Waals surface area contributed by atoms with E-state index in [0.29, 0.717) is 5.02 Å². The van der Waals surface area contributed by atoms with E-state index in [4.69, 9.17) is 23.2 Å². The highest BCUT2D eigenvalue weighted by Crippen LogP contribution is 2.28. The van der Waals surface area contributed by atoms with Gasteiger partial charge in [-0.1, -0.05) is 30.1 Å². The van der Waals surface area contributed by atoms with Crippen LogP contribution in [0.15, 0.2) is 24.3 Å². The second-order valence-corrected chi connectivity index (χ2v) is 7.70. The van der Waals surface area contributed by atoms with Gasteiger partial charge in [0.05, 0.1) is 0 Å². The fourth-order valence-electron chi connectivity index (χ4n) is 1.27. The summed E-state index contributed by atoms with van der Waals surface area (Å²) in [6.07, 6.45) is 0. The van der Waals surface area contributed by atoms with E-state index < -0.39 is 19.8 Å². The van der Waals surface area contributed by atoms with Crippen LogP contribution in [-0.4, -0.2) is 24.2 Å². The van der Waals surface area contributed by atoms with E-state index >= 15 is 0 Å². The summed E-state index contributed by atoms with van der Waals surface area (Å²) in [7, 11) is -3.67. The highest BCUT2D eigenvalue weighted by molar-refractivity contribution is 7.95. The van der Waals surface area contributed by atoms with Gasteiger partial charge in [-0.15, -0.1) is 0 Å². The van der Waals surface area contributed by atoms with Crippen LogP contribution in [0.3, 0.4) is 0 Å². The number of hydrogen-bond acceptors (Lipinski definition) is 3. The summed E-state index contributed by atoms with van der Waals surface area (Å²) in [5.74, 6) is -0.829. The SMILES string of the molecule is CCS(=O)(=O)[C@](C)(Cl)C(=O)c1ccc(Cl)cc1. The molecule has 0 heterocycles. The number of sulfone groups is 1. The minimum absolute atomic E-state index is 0.188. The van der Waals surface area contributed by atoms with Crippen LogP contribution in [0.5, 0.6) is 0 Å². The Labute approximate surface area is 111 Å². The Morgan fingerprint density at radius 3 is 2.18 bits per heavy atom. The molecule has 0 amide bonds. The monoisotopic (exact) mass is 294 g/mol. The van der Waals surface area contributed by atoms with Gasteiger partial charge >= 0.3 is 0 Å². The van der Waals surface area contributed by atoms with E-state index in [9.17, 15) is 13.2 Å². The third-order valence-corrected chi connectivity index (χ3v) is 5.72. The standard InChI is InChI=1S/C11H12Cl2O3S/c1-3-17(15,16)11(2,13)10(14)8-4-6-9(12)7-5-8/h4-7H,3H2,1-2H3/t11-/m0/s1. The molecule has 1 aromatic carbocycles. The molecule has 0 saturated heterocycles. The fraction of sp³-hybridized carbons (Fsp3) is 0.364. The molecule has 0 aromatic heterocycles. The van der Waals surface area contributed by atoms with Crippen LogP contribution in [0, 0.1) is 0 Å². The van der Waals surface area contributed by atoms with Crippen molar-refractivity contribution in [3.05, 3.63) is 34.9 Å². The van der Waals surface area contributed by atoms with E-state index in [1.165, 1.54) is 38.1 Å². The van der Waals surface area contributed by atoms with Gasteiger partial charge in [-0.25, -0.2) is 8.42 Å². The van der Waals surface area contributed by atoms with E-state index in [-0.39, 0.29) is 11.3 Å². The molecule has 17 heavy (non-hydrogen) atoms. The summed E-state index contributed by atoms with van der Waals surface area (Å²) in [5, 5.41) is 0.469. The highest BCUT2D eigenvalue weighted by Gasteiger charge is 2.43. The lowest BCUT2D eigenvalue weighted by molar-refractivity contribution is 0.0978. The minimum Gasteiger partial charge on any atom is -0.291 e. The van der Waals surface area contributed by atoms with Gasteiger partial charge in [-0.05, 0) is 31.2 Å². The van der Waals surface area contributed by atoms with Crippen LogP contribution in [0.1, 0.15) is 24.2 Å². The predicted octanol–water partition coefficient (Wildman–Crippen LogP) is 2.91. The Morgan fingerprint density at radius 2 is 1.76 bits per heavy atom. The van der Waals surface area contributed by atoms with Crippen molar-refractivity contribution in [2.24, 2.45) is 0 Å². The van der Waals surface area contributed by atoms with Gasteiger partial charge in [-0.3, -0.25) is 4.79 Å². The van der Waals surface area contributed by atoms with E-state index in [1.807, 2.05) is 0 Å². The second kappa shape index (κ2) is 4.96. The number of halogens is 2. The molecule has 0 aliphatic heterocycles. The summed E-state index contributed by atoms with van der Waals surface area (Å²) in [5.41, 5.74) is 0.226. The van der Waals surface area contributed by atoms with Crippen LogP contribution in [-0.2, 0) is 9.84 Å². The lowest BCUT2D eigenvalue weighted by atomic mass is 10.1. The quantitative estimate of drug-likeness (QED) is 0.634. The van der Waals surface area contributed by atoms with Crippen molar-refractivity contribution in [3.8, 4) is 0 Å². The molecule has 0 aliphatic rings. The van der Waals surface area contributed by atoms with Crippen LogP contribution >= 0.6 is 23.2 Å². The van der Waals surface area contributed by atoms with Gasteiger partial charge in [0, 0.05) is 16.3 Å². The maximum atomic E-state index is 12.0. The molecule has 6 heteroatoms. The molecule has 0 fully saturated rings. The van der Waals surface area contributed by atoms with Crippen molar-refractivity contribution in [3.63, 3.8) is 0 Å². The number of carbonyl (C=O) groups is 1. The zero-order valence-electron chi connectivity index (χ0n) is 9.41. The molecular weight excluding hydrogens is 283 g/mol. The minimum atomic E-state index is -3.67. The Kier molecular flexibility index (Phi) is 4.23. The summed E-state index contributed by atoms with van der Waals surface area (Å²) in [6.45, 7) is 2.65. The van der Waals surface area contributed by atoms with Crippen molar-refractivity contribution < 1.29 is 13.2 Å². The van der Waals surface area contributed by atoms with Crippen LogP contribution in [0.25, 0.3) is 0 Å². The van der Waals surface area contributed by atoms with E-state index in [2.05, 4.69) is 0 Å². The average molecular weight is 295 g/mol. The predicted molar refractivity (Wildman–Crippen MR) is 69.5 cm³/mol. The number of carbonyl (C=O) groups excluding carboxylic acids is 1. The Bertz CT molecular complexity index is 518. The van der Waals surface area contributed by atoms with Gasteiger partial charge in [0.25, 0.3) is 0 Å². The van der Waals surface area contributed by atoms with Crippen molar-refractivity contribution >= 4 is 38.8 Å². The van der Waals surface area contributed by atoms with Crippen LogP contribution in [0.4, 0.5) is 0 Å². The Morgan fingerprint density at radius 1 is 1.29 bits per heavy atom. The molecule has 94 valence electrons. The molecule has 0 N–H and O–H groups in total. The van der Waals surface area contributed by atoms with Crippen LogP contribution < -0.4 is 0 Å². The molecule has 0 radical (unpaired) electrons. The van der Waals surface area contributed by atoms with Crippen molar-refractivity contribution in [2.75, 3.05) is 5.75 Å². The molecule has 3 nitrogen and oxygen atoms in total. The van der Waals surface area contributed by atoms with Crippen molar-refractivity contribution in [1.29, 1.82) is 0 Å². The van der Waals surface area contributed by atoms with Gasteiger partial charge < -0.3 is 0 Å². The number of ketones is 1. The largest absolute Gasteiger partial charge is 0.291 e. The molecule has 1 atom stereocenters. The van der Waals surface area contributed by atoms with Crippen molar-refractivity contribution in [1.82, 2.24) is 0 Å². The summed E-state index contributed by atoms with van der Waals surface area (Å²) in [4.78, 5) is 12.0. The maximum Gasteiger partial charge on any atom is 0.205 e. The third-order valence-electron chi connectivity index (χ3n) is 2.48. The molecule has 1 rings (SSSR count). The third kappa shape index (κ3) is 2.81. The van der Waals surface area contributed by atoms with Gasteiger partial charge in [-0.2, -0.15) is 0 Å². The Hall–Kier alpha value is -0.580. The van der Waals surface area contributed by atoms with Crippen molar-refractivity contribution in [2.45, 2.75) is 18.1 Å². The number of Topliss-reactive ketones (excluding diaryl/α,β-unsaturated/α-hetero) is 1. The first-order valence-electron chi connectivity index (χ1n) is 4.94. The molecule has 0 saturated carbocycles. The topological polar surface area (TPSA) is 51.2 Å². The number of rotatable bonds is 4. The molecule has 0 aliphatic carbocycles. The first-order valence-corrected chi connectivity index (χ1v) is 7.34. The molecule has 0 spiro atoms. The van der Waals surface area contributed by atoms with E-state index in [0.717, 1.165) is 0 Å². The summed E-state index contributed by atoms with van der Waals surface area (Å²) < 4.78 is 21.5. The molecule has 0 bridgehead atoms. The first-order chi connectivity index (χ1) is 7.72. The van der Waals surface area contributed by atoms with Gasteiger partial charge in [0.2, 0.25) is 4.21 Å². The fourth-order valence-corrected chi connectivity index (χ4v) is 2.78. The second-order valence-electron chi connectivity index (χ2n) is 3.66. The lowest BCUT2D eigenvalue weighted by Gasteiger charge is -2.20. The number of alkyl halides is 1. The smallest absolute Gasteiger partial charge is 0.205 e. The average Bonchev–Trinajstić information content (AvgIpc) is 2.28. The van der Waals surface area contributed by atoms with Gasteiger partial charge in [0.15, 0.2) is 15.6 Å². The lowest BCUT2D eigenvalue weighted by Crippen LogP contribution is -2.39. The zero-order valence-corrected chi connectivity index (χ0v) is 11.7. The molecule has 1 aromatic rings. The molecule has 0 unspecified atom stereocenters. The normalized spacial score (nSPS) is 15.3. The zero-order chi connectivity index (χ0) is 13.3. The first kappa shape index (κ1) is 14.5. The highest BCUT2D eigenvalue weighted by atomic mass is 35.5. The number of benzene rings is 1. The van der Waals surface area contributed by atoms with Crippen LogP contribution in [0.2, 0.25) is 5.02 Å². The number of hydrogen-bond donors (Lipinski definition) is 0. The Balaban J connectivity index is 3.18. The summed E-state index contributed by atoms with van der Waals surface area (Å²) in [6, 6.07) is 5.94. The van der Waals surface area contributed by atoms with E-state index in [1.54, 1.807) is 0 Å². The molecular formula is C11H12Cl2O3S.